The van der Waals surface area contributed by atoms with Crippen LogP contribution < -0.4 is 10.7 Å². The number of benzene rings is 1. The molecule has 2 atom stereocenters. The summed E-state index contributed by atoms with van der Waals surface area (Å²) < 4.78 is 0. The highest BCUT2D eigenvalue weighted by Gasteiger charge is 2.37. The van der Waals surface area contributed by atoms with Crippen molar-refractivity contribution in [1.29, 1.82) is 0 Å². The minimum Gasteiger partial charge on any atom is -0.376 e. The van der Waals surface area contributed by atoms with Crippen molar-refractivity contribution in [1.82, 2.24) is 5.43 Å². The summed E-state index contributed by atoms with van der Waals surface area (Å²) in [6, 6.07) is 7.97. The summed E-state index contributed by atoms with van der Waals surface area (Å²) in [6.07, 6.45) is 6.52. The monoisotopic (exact) mass is 269 g/mol. The van der Waals surface area contributed by atoms with E-state index in [0.717, 1.165) is 24.2 Å². The maximum absolute atomic E-state index is 11.7. The van der Waals surface area contributed by atoms with Crippen molar-refractivity contribution in [2.75, 3.05) is 11.9 Å². The summed E-state index contributed by atoms with van der Waals surface area (Å²) in [5.41, 5.74) is 5.92. The molecule has 0 heterocycles. The number of hydrogen-bond donors (Lipinski definition) is 2. The van der Waals surface area contributed by atoms with Crippen molar-refractivity contribution < 1.29 is 4.79 Å². The first kappa shape index (κ1) is 12.9. The summed E-state index contributed by atoms with van der Waals surface area (Å²) in [5, 5.41) is 7.32. The van der Waals surface area contributed by atoms with E-state index in [2.05, 4.69) is 28.0 Å². The van der Waals surface area contributed by atoms with Crippen LogP contribution >= 0.6 is 0 Å². The van der Waals surface area contributed by atoms with Gasteiger partial charge in [-0.15, -0.1) is 0 Å². The molecule has 4 nitrogen and oxygen atoms in total. The Kier molecular flexibility index (Phi) is 3.54. The molecule has 2 aliphatic rings. The number of nitrogens with zero attached hydrogens (tertiary/aromatic N) is 1. The molecule has 2 N–H and O–H groups in total. The van der Waals surface area contributed by atoms with Gasteiger partial charge < -0.3 is 5.32 Å². The van der Waals surface area contributed by atoms with Gasteiger partial charge >= 0.3 is 0 Å². The molecule has 104 valence electrons. The number of anilines is 1. The van der Waals surface area contributed by atoms with Crippen LogP contribution in [0, 0.1) is 18.8 Å². The number of fused-ring (bicyclic) bond motifs is 1. The molecule has 1 saturated carbocycles. The number of carbonyl (C=O) groups is 1. The van der Waals surface area contributed by atoms with Gasteiger partial charge in [-0.1, -0.05) is 29.8 Å². The van der Waals surface area contributed by atoms with Crippen LogP contribution in [0.5, 0.6) is 0 Å². The summed E-state index contributed by atoms with van der Waals surface area (Å²) in [6.45, 7) is 2.28. The van der Waals surface area contributed by atoms with Crippen LogP contribution in [-0.4, -0.2) is 18.2 Å². The van der Waals surface area contributed by atoms with Gasteiger partial charge in [0.05, 0.1) is 6.54 Å². The predicted molar refractivity (Wildman–Crippen MR) is 80.6 cm³/mol. The van der Waals surface area contributed by atoms with E-state index in [1.807, 2.05) is 31.2 Å². The second-order valence-corrected chi connectivity index (χ2v) is 5.50. The molecule has 0 spiro atoms. The molecule has 0 saturated heterocycles. The molecule has 0 aromatic heterocycles. The minimum absolute atomic E-state index is 0.104. The maximum atomic E-state index is 11.7. The smallest absolute Gasteiger partial charge is 0.259 e. The Balaban J connectivity index is 1.44. The number of hydrogen-bond acceptors (Lipinski definition) is 3. The Morgan fingerprint density at radius 3 is 2.90 bits per heavy atom. The second-order valence-electron chi connectivity index (χ2n) is 5.50. The summed E-state index contributed by atoms with van der Waals surface area (Å²) in [4.78, 5) is 11.7. The van der Waals surface area contributed by atoms with Gasteiger partial charge in [0.1, 0.15) is 0 Å². The predicted octanol–water partition coefficient (Wildman–Crippen LogP) is 2.48. The number of nitrogens with one attached hydrogen (secondary N) is 2. The van der Waals surface area contributed by atoms with E-state index < -0.39 is 0 Å². The molecule has 3 rings (SSSR count). The van der Waals surface area contributed by atoms with Crippen LogP contribution in [0.1, 0.15) is 18.4 Å². The van der Waals surface area contributed by atoms with E-state index in [1.54, 1.807) is 0 Å². The molecule has 1 aromatic rings. The lowest BCUT2D eigenvalue weighted by Gasteiger charge is -2.31. The number of allylic oxidation sites excluding steroid dienone is 2. The number of carbonyl (C=O) groups excluding carboxylic acids is 1. The van der Waals surface area contributed by atoms with Gasteiger partial charge in [-0.05, 0) is 37.8 Å². The second kappa shape index (κ2) is 5.49. The van der Waals surface area contributed by atoms with Crippen LogP contribution in [-0.2, 0) is 4.79 Å². The van der Waals surface area contributed by atoms with E-state index in [4.69, 9.17) is 0 Å². The molecule has 1 fully saturated rings. The number of amides is 1. The van der Waals surface area contributed by atoms with Gasteiger partial charge in [0.2, 0.25) is 0 Å². The Labute approximate surface area is 119 Å². The normalized spacial score (nSPS) is 25.1. The zero-order valence-electron chi connectivity index (χ0n) is 11.6. The third-order valence-electron chi connectivity index (χ3n) is 3.99. The van der Waals surface area contributed by atoms with Gasteiger partial charge in [0.25, 0.3) is 5.91 Å². The lowest BCUT2D eigenvalue weighted by molar-refractivity contribution is -0.119. The van der Waals surface area contributed by atoms with Gasteiger partial charge in [-0.2, -0.15) is 5.10 Å². The molecule has 0 unspecified atom stereocenters. The molecule has 2 aliphatic carbocycles. The Morgan fingerprint density at radius 2 is 2.15 bits per heavy atom. The summed E-state index contributed by atoms with van der Waals surface area (Å²) >= 11 is 0. The number of rotatable bonds is 4. The van der Waals surface area contributed by atoms with Gasteiger partial charge in [0.15, 0.2) is 0 Å². The molecular weight excluding hydrogens is 250 g/mol. The average Bonchev–Trinajstić information content (AvgIpc) is 2.80. The van der Waals surface area contributed by atoms with Crippen molar-refractivity contribution in [3.05, 3.63) is 42.0 Å². The van der Waals surface area contributed by atoms with E-state index >= 15 is 0 Å². The highest BCUT2D eigenvalue weighted by molar-refractivity contribution is 5.95. The van der Waals surface area contributed by atoms with Crippen molar-refractivity contribution in [2.24, 2.45) is 16.9 Å². The van der Waals surface area contributed by atoms with E-state index in [0.29, 0.717) is 11.8 Å². The molecule has 4 heteroatoms. The Hall–Kier alpha value is -2.10. The molecule has 0 radical (unpaired) electrons. The first-order valence-corrected chi connectivity index (χ1v) is 7.05. The van der Waals surface area contributed by atoms with Gasteiger partial charge in [-0.3, -0.25) is 4.79 Å². The zero-order valence-corrected chi connectivity index (χ0v) is 11.6. The Bertz CT molecular complexity index is 560. The van der Waals surface area contributed by atoms with Crippen LogP contribution in [0.4, 0.5) is 5.69 Å². The maximum Gasteiger partial charge on any atom is 0.259 e. The van der Waals surface area contributed by atoms with Gasteiger partial charge in [0, 0.05) is 17.3 Å². The molecule has 1 aromatic carbocycles. The molecule has 1 amide bonds. The minimum atomic E-state index is -0.104. The SMILES string of the molecule is Cc1ccc(NCC(=O)N/N=C2/C[C@@H]3C=CC[C@H]23)cc1. The molecule has 20 heavy (non-hydrogen) atoms. The van der Waals surface area contributed by atoms with E-state index in [1.165, 1.54) is 5.56 Å². The van der Waals surface area contributed by atoms with E-state index in [-0.39, 0.29) is 12.5 Å². The fraction of sp³-hybridized carbons (Fsp3) is 0.375. The quantitative estimate of drug-likeness (QED) is 0.651. The van der Waals surface area contributed by atoms with Crippen molar-refractivity contribution in [3.8, 4) is 0 Å². The molecule has 0 aliphatic heterocycles. The largest absolute Gasteiger partial charge is 0.376 e. The first-order chi connectivity index (χ1) is 9.72. The van der Waals surface area contributed by atoms with Crippen LogP contribution in [0.15, 0.2) is 41.5 Å². The van der Waals surface area contributed by atoms with Crippen molar-refractivity contribution >= 4 is 17.3 Å². The van der Waals surface area contributed by atoms with Crippen LogP contribution in [0.25, 0.3) is 0 Å². The number of hydrazone groups is 1. The fourth-order valence-electron chi connectivity index (χ4n) is 2.69. The van der Waals surface area contributed by atoms with E-state index in [9.17, 15) is 4.79 Å². The third kappa shape index (κ3) is 2.74. The highest BCUT2D eigenvalue weighted by atomic mass is 16.2. The van der Waals surface area contributed by atoms with Crippen molar-refractivity contribution in [2.45, 2.75) is 19.8 Å². The summed E-state index contributed by atoms with van der Waals surface area (Å²) in [5.74, 6) is 1.10. The fourth-order valence-corrected chi connectivity index (χ4v) is 2.69. The standard InChI is InChI=1S/C16H19N3O/c1-11-5-7-13(8-6-11)17-10-16(20)19-18-15-9-12-3-2-4-14(12)15/h2-3,5-8,12,14,17H,4,9-10H2,1H3,(H,19,20)/b18-15-/t12-,14-/m0/s1. The first-order valence-electron chi connectivity index (χ1n) is 7.05. The lowest BCUT2D eigenvalue weighted by Crippen LogP contribution is -2.36. The summed E-state index contributed by atoms with van der Waals surface area (Å²) in [7, 11) is 0. The zero-order chi connectivity index (χ0) is 13.9. The lowest BCUT2D eigenvalue weighted by atomic mass is 9.74. The van der Waals surface area contributed by atoms with Crippen LogP contribution in [0.2, 0.25) is 0 Å². The third-order valence-corrected chi connectivity index (χ3v) is 3.99. The van der Waals surface area contributed by atoms with Crippen molar-refractivity contribution in [3.63, 3.8) is 0 Å². The van der Waals surface area contributed by atoms with Crippen LogP contribution in [0.3, 0.4) is 0 Å². The van der Waals surface area contributed by atoms with Gasteiger partial charge in [-0.25, -0.2) is 5.43 Å². The Morgan fingerprint density at radius 1 is 1.35 bits per heavy atom. The topological polar surface area (TPSA) is 53.5 Å². The average molecular weight is 269 g/mol. The number of aryl methyl sites for hydroxylation is 1. The molecule has 0 bridgehead atoms. The molecular formula is C16H19N3O. The highest BCUT2D eigenvalue weighted by Crippen LogP contribution is 2.39.